The summed E-state index contributed by atoms with van der Waals surface area (Å²) in [5.74, 6) is 1.71. The molecule has 2 aliphatic rings. The molecule has 82 valence electrons. The number of aliphatic hydroxyl groups excluding tert-OH is 1. The van der Waals surface area contributed by atoms with Gasteiger partial charge in [-0.3, -0.25) is 0 Å². The third-order valence-corrected chi connectivity index (χ3v) is 3.92. The van der Waals surface area contributed by atoms with Crippen LogP contribution < -0.4 is 5.32 Å². The summed E-state index contributed by atoms with van der Waals surface area (Å²) in [5, 5.41) is 12.8. The Morgan fingerprint density at radius 1 is 1.29 bits per heavy atom. The highest BCUT2D eigenvalue weighted by Crippen LogP contribution is 2.35. The zero-order chi connectivity index (χ0) is 9.97. The minimum atomic E-state index is 0.343. The van der Waals surface area contributed by atoms with Crippen LogP contribution in [-0.2, 0) is 0 Å². The first-order valence-corrected chi connectivity index (χ1v) is 6.18. The summed E-state index contributed by atoms with van der Waals surface area (Å²) in [5.41, 5.74) is 0. The Balaban J connectivity index is 1.80. The molecule has 0 bridgehead atoms. The van der Waals surface area contributed by atoms with Crippen LogP contribution in [0.15, 0.2) is 0 Å². The molecule has 0 heterocycles. The molecule has 0 spiro atoms. The molecular formula is C12H23NO. The van der Waals surface area contributed by atoms with Gasteiger partial charge in [-0.1, -0.05) is 13.3 Å². The predicted octanol–water partition coefficient (Wildman–Crippen LogP) is 1.93. The van der Waals surface area contributed by atoms with Crippen LogP contribution in [0, 0.1) is 11.8 Å². The van der Waals surface area contributed by atoms with E-state index in [9.17, 15) is 0 Å². The molecular weight excluding hydrogens is 174 g/mol. The maximum absolute atomic E-state index is 9.01. The largest absolute Gasteiger partial charge is 0.396 e. The van der Waals surface area contributed by atoms with Gasteiger partial charge >= 0.3 is 0 Å². The van der Waals surface area contributed by atoms with Gasteiger partial charge in [-0.15, -0.1) is 0 Å². The van der Waals surface area contributed by atoms with E-state index in [0.29, 0.717) is 12.6 Å². The van der Waals surface area contributed by atoms with E-state index >= 15 is 0 Å². The molecule has 14 heavy (non-hydrogen) atoms. The fourth-order valence-electron chi connectivity index (χ4n) is 2.76. The molecule has 0 amide bonds. The molecule has 2 rings (SSSR count). The molecule has 0 saturated heterocycles. The smallest absolute Gasteiger partial charge is 0.0445 e. The van der Waals surface area contributed by atoms with Crippen molar-refractivity contribution in [3.05, 3.63) is 0 Å². The van der Waals surface area contributed by atoms with Crippen molar-refractivity contribution in [2.24, 2.45) is 11.8 Å². The second-order valence-electron chi connectivity index (χ2n) is 5.14. The highest BCUT2D eigenvalue weighted by atomic mass is 16.3. The van der Waals surface area contributed by atoms with E-state index in [4.69, 9.17) is 5.11 Å². The Labute approximate surface area is 87.1 Å². The summed E-state index contributed by atoms with van der Waals surface area (Å²) in [6.07, 6.45) is 7.81. The average molecular weight is 197 g/mol. The SMILES string of the molecule is CC1CCCC1NC(CCO)C1CC1. The molecule has 2 fully saturated rings. The van der Waals surface area contributed by atoms with Gasteiger partial charge in [0.2, 0.25) is 0 Å². The van der Waals surface area contributed by atoms with Gasteiger partial charge in [-0.05, 0) is 43.9 Å². The van der Waals surface area contributed by atoms with Gasteiger partial charge in [0.1, 0.15) is 0 Å². The van der Waals surface area contributed by atoms with Gasteiger partial charge < -0.3 is 10.4 Å². The summed E-state index contributed by atoms with van der Waals surface area (Å²) in [6, 6.07) is 1.33. The first-order valence-electron chi connectivity index (χ1n) is 6.18. The van der Waals surface area contributed by atoms with Crippen LogP contribution in [0.2, 0.25) is 0 Å². The summed E-state index contributed by atoms with van der Waals surface area (Å²) in [7, 11) is 0. The van der Waals surface area contributed by atoms with E-state index in [2.05, 4.69) is 12.2 Å². The molecule has 2 heteroatoms. The van der Waals surface area contributed by atoms with Crippen LogP contribution >= 0.6 is 0 Å². The zero-order valence-corrected chi connectivity index (χ0v) is 9.21. The third kappa shape index (κ3) is 2.48. The lowest BCUT2D eigenvalue weighted by atomic mass is 10.0. The highest BCUT2D eigenvalue weighted by Gasteiger charge is 2.34. The summed E-state index contributed by atoms with van der Waals surface area (Å²) < 4.78 is 0. The zero-order valence-electron chi connectivity index (χ0n) is 9.21. The fourth-order valence-corrected chi connectivity index (χ4v) is 2.76. The van der Waals surface area contributed by atoms with E-state index in [1.807, 2.05) is 0 Å². The van der Waals surface area contributed by atoms with Gasteiger partial charge in [0.15, 0.2) is 0 Å². The molecule has 2 N–H and O–H groups in total. The van der Waals surface area contributed by atoms with Gasteiger partial charge in [0.25, 0.3) is 0 Å². The van der Waals surface area contributed by atoms with Crippen LogP contribution in [0.1, 0.15) is 45.4 Å². The summed E-state index contributed by atoms with van der Waals surface area (Å²) in [4.78, 5) is 0. The van der Waals surface area contributed by atoms with Gasteiger partial charge in [0.05, 0.1) is 0 Å². The quantitative estimate of drug-likeness (QED) is 0.706. The lowest BCUT2D eigenvalue weighted by Gasteiger charge is -2.25. The Morgan fingerprint density at radius 3 is 2.57 bits per heavy atom. The van der Waals surface area contributed by atoms with E-state index in [1.54, 1.807) is 0 Å². The maximum Gasteiger partial charge on any atom is 0.0445 e. The van der Waals surface area contributed by atoms with E-state index in [1.165, 1.54) is 32.1 Å². The fraction of sp³-hybridized carbons (Fsp3) is 1.00. The van der Waals surface area contributed by atoms with Crippen molar-refractivity contribution in [2.75, 3.05) is 6.61 Å². The van der Waals surface area contributed by atoms with Crippen LogP contribution in [0.4, 0.5) is 0 Å². The van der Waals surface area contributed by atoms with Crippen molar-refractivity contribution in [3.63, 3.8) is 0 Å². The van der Waals surface area contributed by atoms with E-state index < -0.39 is 0 Å². The molecule has 2 nitrogen and oxygen atoms in total. The lowest BCUT2D eigenvalue weighted by Crippen LogP contribution is -2.41. The number of hydrogen-bond donors (Lipinski definition) is 2. The summed E-state index contributed by atoms with van der Waals surface area (Å²) in [6.45, 7) is 2.70. The molecule has 2 saturated carbocycles. The first-order chi connectivity index (χ1) is 6.81. The van der Waals surface area contributed by atoms with E-state index in [0.717, 1.165) is 24.3 Å². The molecule has 0 aromatic heterocycles. The van der Waals surface area contributed by atoms with Crippen molar-refractivity contribution in [1.82, 2.24) is 5.32 Å². The van der Waals surface area contributed by atoms with Crippen molar-refractivity contribution in [3.8, 4) is 0 Å². The predicted molar refractivity (Wildman–Crippen MR) is 58.2 cm³/mol. The molecule has 0 aliphatic heterocycles. The van der Waals surface area contributed by atoms with E-state index in [-0.39, 0.29) is 0 Å². The van der Waals surface area contributed by atoms with Crippen LogP contribution in [0.3, 0.4) is 0 Å². The number of aliphatic hydroxyl groups is 1. The molecule has 0 radical (unpaired) electrons. The van der Waals surface area contributed by atoms with Crippen LogP contribution in [0.5, 0.6) is 0 Å². The molecule has 0 aromatic rings. The van der Waals surface area contributed by atoms with Crippen LogP contribution in [-0.4, -0.2) is 23.8 Å². The molecule has 3 unspecified atom stereocenters. The molecule has 3 atom stereocenters. The minimum Gasteiger partial charge on any atom is -0.396 e. The number of hydrogen-bond acceptors (Lipinski definition) is 2. The van der Waals surface area contributed by atoms with Crippen molar-refractivity contribution in [2.45, 2.75) is 57.5 Å². The normalized spacial score (nSPS) is 34.7. The Hall–Kier alpha value is -0.0800. The van der Waals surface area contributed by atoms with Crippen LogP contribution in [0.25, 0.3) is 0 Å². The third-order valence-electron chi connectivity index (χ3n) is 3.92. The average Bonchev–Trinajstić information content (AvgIpc) is 2.93. The van der Waals surface area contributed by atoms with Crippen molar-refractivity contribution in [1.29, 1.82) is 0 Å². The maximum atomic E-state index is 9.01. The Kier molecular flexibility index (Phi) is 3.45. The Bertz CT molecular complexity index is 179. The first kappa shape index (κ1) is 10.4. The van der Waals surface area contributed by atoms with Gasteiger partial charge in [-0.2, -0.15) is 0 Å². The second kappa shape index (κ2) is 4.63. The summed E-state index contributed by atoms with van der Waals surface area (Å²) >= 11 is 0. The highest BCUT2D eigenvalue weighted by molar-refractivity contribution is 4.91. The van der Waals surface area contributed by atoms with Gasteiger partial charge in [-0.25, -0.2) is 0 Å². The van der Waals surface area contributed by atoms with Crippen molar-refractivity contribution >= 4 is 0 Å². The minimum absolute atomic E-state index is 0.343. The lowest BCUT2D eigenvalue weighted by molar-refractivity contribution is 0.241. The molecule has 0 aromatic carbocycles. The standard InChI is InChI=1S/C12H23NO/c1-9-3-2-4-11(9)13-12(7-8-14)10-5-6-10/h9-14H,2-8H2,1H3. The topological polar surface area (TPSA) is 32.3 Å². The molecule has 2 aliphatic carbocycles. The van der Waals surface area contributed by atoms with Gasteiger partial charge in [0, 0.05) is 18.7 Å². The number of nitrogens with one attached hydrogen (secondary N) is 1. The van der Waals surface area contributed by atoms with Crippen molar-refractivity contribution < 1.29 is 5.11 Å². The monoisotopic (exact) mass is 197 g/mol. The Morgan fingerprint density at radius 2 is 2.07 bits per heavy atom. The number of rotatable bonds is 5. The second-order valence-corrected chi connectivity index (χ2v) is 5.14.